The van der Waals surface area contributed by atoms with Crippen molar-refractivity contribution in [3.05, 3.63) is 0 Å². The number of aliphatic hydroxyl groups excluding tert-OH is 1. The molecule has 1 saturated heterocycles. The van der Waals surface area contributed by atoms with E-state index < -0.39 is 18.1 Å². The van der Waals surface area contributed by atoms with Gasteiger partial charge < -0.3 is 21.9 Å². The Balaban J connectivity index is 2.43. The molecule has 0 aromatic carbocycles. The molecule has 1 aliphatic heterocycles. The summed E-state index contributed by atoms with van der Waals surface area (Å²) in [7, 11) is 0. The van der Waals surface area contributed by atoms with Gasteiger partial charge in [-0.1, -0.05) is 0 Å². The third kappa shape index (κ3) is 2.43. The number of amides is 2. The number of nitrogens with two attached hydrogens (primary N) is 2. The molecule has 6 nitrogen and oxygen atoms in total. The zero-order valence-electron chi connectivity index (χ0n) is 7.77. The fraction of sp³-hybridized carbons (Fsp3) is 0.750. The minimum absolute atomic E-state index is 0.0721. The number of hydrogen-bond acceptors (Lipinski definition) is 4. The number of carbonyl (C=O) groups excluding carboxylic acids is 2. The van der Waals surface area contributed by atoms with Crippen LogP contribution < -0.4 is 16.8 Å². The molecule has 6 N–H and O–H groups in total. The average Bonchev–Trinajstić information content (AvgIpc) is 2.50. The molecule has 0 radical (unpaired) electrons. The summed E-state index contributed by atoms with van der Waals surface area (Å²) >= 11 is 0. The SMILES string of the molecule is NC(=O)C(O)[C@@H](N)CC1CCNC1=O. The molecular formula is C8H15N3O3. The standard InChI is InChI=1S/C8H15N3O3/c9-5(6(12)7(10)13)3-4-1-2-11-8(4)14/h4-6,12H,1-3,9H2,(H2,10,13)(H,11,14)/t4?,5-,6?/m0/s1. The lowest BCUT2D eigenvalue weighted by molar-refractivity contribution is -0.128. The summed E-state index contributed by atoms with van der Waals surface area (Å²) in [6.45, 7) is 0.628. The average molecular weight is 201 g/mol. The van der Waals surface area contributed by atoms with Crippen LogP contribution in [0.5, 0.6) is 0 Å². The monoisotopic (exact) mass is 201 g/mol. The van der Waals surface area contributed by atoms with Gasteiger partial charge in [0.15, 0.2) is 0 Å². The molecule has 0 aliphatic carbocycles. The van der Waals surface area contributed by atoms with E-state index in [1.165, 1.54) is 0 Å². The van der Waals surface area contributed by atoms with Crippen molar-refractivity contribution < 1.29 is 14.7 Å². The molecule has 0 saturated carbocycles. The Kier molecular flexibility index (Phi) is 3.43. The molecule has 1 rings (SSSR count). The van der Waals surface area contributed by atoms with Crippen molar-refractivity contribution >= 4 is 11.8 Å². The largest absolute Gasteiger partial charge is 0.382 e. The first-order chi connectivity index (χ1) is 6.52. The van der Waals surface area contributed by atoms with E-state index in [1.54, 1.807) is 0 Å². The van der Waals surface area contributed by atoms with Crippen molar-refractivity contribution in [3.63, 3.8) is 0 Å². The van der Waals surface area contributed by atoms with Gasteiger partial charge in [0.25, 0.3) is 0 Å². The predicted octanol–water partition coefficient (Wildman–Crippen LogP) is -2.31. The second-order valence-electron chi connectivity index (χ2n) is 3.52. The highest BCUT2D eigenvalue weighted by Crippen LogP contribution is 2.16. The molecule has 2 amide bonds. The zero-order valence-corrected chi connectivity index (χ0v) is 7.77. The van der Waals surface area contributed by atoms with Crippen LogP contribution in [0.4, 0.5) is 0 Å². The smallest absolute Gasteiger partial charge is 0.247 e. The van der Waals surface area contributed by atoms with Crippen LogP contribution in [0.2, 0.25) is 0 Å². The van der Waals surface area contributed by atoms with E-state index in [1.807, 2.05) is 0 Å². The van der Waals surface area contributed by atoms with Crippen molar-refractivity contribution in [2.24, 2.45) is 17.4 Å². The molecule has 14 heavy (non-hydrogen) atoms. The van der Waals surface area contributed by atoms with Gasteiger partial charge in [0, 0.05) is 18.5 Å². The second kappa shape index (κ2) is 4.39. The minimum atomic E-state index is -1.37. The van der Waals surface area contributed by atoms with Crippen molar-refractivity contribution in [3.8, 4) is 0 Å². The molecule has 0 spiro atoms. The molecular weight excluding hydrogens is 186 g/mol. The first-order valence-corrected chi connectivity index (χ1v) is 4.53. The van der Waals surface area contributed by atoms with E-state index in [4.69, 9.17) is 11.5 Å². The van der Waals surface area contributed by atoms with Gasteiger partial charge in [-0.15, -0.1) is 0 Å². The van der Waals surface area contributed by atoms with Gasteiger partial charge in [-0.25, -0.2) is 0 Å². The summed E-state index contributed by atoms with van der Waals surface area (Å²) in [6, 6.07) is -0.763. The lowest BCUT2D eigenvalue weighted by atomic mass is 9.95. The highest BCUT2D eigenvalue weighted by molar-refractivity contribution is 5.81. The number of nitrogens with one attached hydrogen (secondary N) is 1. The Labute approximate surface area is 81.6 Å². The molecule has 80 valence electrons. The fourth-order valence-electron chi connectivity index (χ4n) is 1.54. The highest BCUT2D eigenvalue weighted by Gasteiger charge is 2.30. The van der Waals surface area contributed by atoms with Crippen LogP contribution in [-0.2, 0) is 9.59 Å². The third-order valence-electron chi connectivity index (χ3n) is 2.42. The third-order valence-corrected chi connectivity index (χ3v) is 2.42. The lowest BCUT2D eigenvalue weighted by Gasteiger charge is -2.17. The van der Waals surface area contributed by atoms with E-state index in [0.717, 1.165) is 0 Å². The van der Waals surface area contributed by atoms with Gasteiger partial charge in [0.1, 0.15) is 6.10 Å². The topological polar surface area (TPSA) is 118 Å². The summed E-state index contributed by atoms with van der Waals surface area (Å²) in [5.41, 5.74) is 10.4. The van der Waals surface area contributed by atoms with Crippen LogP contribution in [0.25, 0.3) is 0 Å². The van der Waals surface area contributed by atoms with E-state index >= 15 is 0 Å². The van der Waals surface area contributed by atoms with Crippen LogP contribution in [0.3, 0.4) is 0 Å². The summed E-state index contributed by atoms with van der Waals surface area (Å²) in [6.07, 6.45) is -0.392. The lowest BCUT2D eigenvalue weighted by Crippen LogP contribution is -2.45. The van der Waals surface area contributed by atoms with Crippen molar-refractivity contribution in [1.82, 2.24) is 5.32 Å². The van der Waals surface area contributed by atoms with E-state index in [-0.39, 0.29) is 18.2 Å². The summed E-state index contributed by atoms with van der Waals surface area (Å²) in [5, 5.41) is 11.9. The molecule has 1 heterocycles. The maximum Gasteiger partial charge on any atom is 0.247 e. The van der Waals surface area contributed by atoms with Gasteiger partial charge in [0.2, 0.25) is 11.8 Å². The Bertz CT molecular complexity index is 244. The number of rotatable bonds is 4. The molecule has 1 fully saturated rings. The van der Waals surface area contributed by atoms with Crippen LogP contribution in [0.15, 0.2) is 0 Å². The normalized spacial score (nSPS) is 25.6. The van der Waals surface area contributed by atoms with Crippen LogP contribution >= 0.6 is 0 Å². The summed E-state index contributed by atoms with van der Waals surface area (Å²) < 4.78 is 0. The minimum Gasteiger partial charge on any atom is -0.382 e. The van der Waals surface area contributed by atoms with Gasteiger partial charge in [-0.2, -0.15) is 0 Å². The van der Waals surface area contributed by atoms with Gasteiger partial charge in [-0.05, 0) is 12.8 Å². The molecule has 0 bridgehead atoms. The molecule has 3 atom stereocenters. The Morgan fingerprint density at radius 2 is 2.36 bits per heavy atom. The molecule has 1 aliphatic rings. The zero-order chi connectivity index (χ0) is 10.7. The fourth-order valence-corrected chi connectivity index (χ4v) is 1.54. The van der Waals surface area contributed by atoms with Gasteiger partial charge >= 0.3 is 0 Å². The summed E-state index contributed by atoms with van der Waals surface area (Å²) in [4.78, 5) is 21.7. The van der Waals surface area contributed by atoms with Crippen molar-refractivity contribution in [1.29, 1.82) is 0 Å². The number of carbonyl (C=O) groups is 2. The molecule has 2 unspecified atom stereocenters. The quantitative estimate of drug-likeness (QED) is 0.408. The van der Waals surface area contributed by atoms with Crippen molar-refractivity contribution in [2.45, 2.75) is 25.0 Å². The Hall–Kier alpha value is -1.14. The molecule has 0 aromatic rings. The van der Waals surface area contributed by atoms with E-state index in [2.05, 4.69) is 5.32 Å². The highest BCUT2D eigenvalue weighted by atomic mass is 16.3. The van der Waals surface area contributed by atoms with Crippen molar-refractivity contribution in [2.75, 3.05) is 6.54 Å². The first kappa shape index (κ1) is 10.9. The molecule has 6 heteroatoms. The Morgan fingerprint density at radius 3 is 2.79 bits per heavy atom. The molecule has 0 aromatic heterocycles. The second-order valence-corrected chi connectivity index (χ2v) is 3.52. The van der Waals surface area contributed by atoms with Gasteiger partial charge in [0.05, 0.1) is 0 Å². The van der Waals surface area contributed by atoms with Gasteiger partial charge in [-0.3, -0.25) is 9.59 Å². The van der Waals surface area contributed by atoms with E-state index in [0.29, 0.717) is 13.0 Å². The predicted molar refractivity (Wildman–Crippen MR) is 48.9 cm³/mol. The summed E-state index contributed by atoms with van der Waals surface area (Å²) in [5.74, 6) is -1.13. The van der Waals surface area contributed by atoms with Crippen LogP contribution in [-0.4, -0.2) is 35.6 Å². The van der Waals surface area contributed by atoms with Crippen LogP contribution in [0.1, 0.15) is 12.8 Å². The number of aliphatic hydroxyl groups is 1. The van der Waals surface area contributed by atoms with E-state index in [9.17, 15) is 14.7 Å². The number of hydrogen-bond donors (Lipinski definition) is 4. The maximum atomic E-state index is 11.1. The first-order valence-electron chi connectivity index (χ1n) is 4.53. The van der Waals surface area contributed by atoms with Crippen LogP contribution in [0, 0.1) is 5.92 Å². The Morgan fingerprint density at radius 1 is 1.71 bits per heavy atom. The maximum absolute atomic E-state index is 11.1. The number of primary amides is 1.